The first-order valence-electron chi connectivity index (χ1n) is 10.6. The minimum absolute atomic E-state index is 0. The van der Waals surface area contributed by atoms with Crippen molar-refractivity contribution in [2.45, 2.75) is 45.6 Å². The second kappa shape index (κ2) is 11.7. The topological polar surface area (TPSA) is 57.2 Å². The van der Waals surface area contributed by atoms with Gasteiger partial charge in [-0.25, -0.2) is 0 Å². The molecule has 162 valence electrons. The third-order valence-corrected chi connectivity index (χ3v) is 5.59. The molecule has 1 aromatic carbocycles. The van der Waals surface area contributed by atoms with Crippen molar-refractivity contribution in [3.05, 3.63) is 35.4 Å². The van der Waals surface area contributed by atoms with Crippen LogP contribution >= 0.6 is 24.0 Å². The van der Waals surface area contributed by atoms with Crippen molar-refractivity contribution < 1.29 is 9.53 Å². The average molecular weight is 514 g/mol. The summed E-state index contributed by atoms with van der Waals surface area (Å²) in [4.78, 5) is 21.6. The fraction of sp³-hybridized carbons (Fsp3) is 0.636. The molecule has 1 N–H and O–H groups in total. The number of aliphatic imine (C=N–C) groups is 1. The second-order valence-corrected chi connectivity index (χ2v) is 7.82. The monoisotopic (exact) mass is 514 g/mol. The predicted octanol–water partition coefficient (Wildman–Crippen LogP) is 3.01. The van der Waals surface area contributed by atoms with Crippen molar-refractivity contribution >= 4 is 35.8 Å². The van der Waals surface area contributed by atoms with E-state index in [2.05, 4.69) is 55.3 Å². The van der Waals surface area contributed by atoms with Crippen LogP contribution in [0.3, 0.4) is 0 Å². The van der Waals surface area contributed by atoms with Gasteiger partial charge in [-0.3, -0.25) is 9.79 Å². The van der Waals surface area contributed by atoms with Gasteiger partial charge < -0.3 is 19.9 Å². The minimum atomic E-state index is -0.219. The maximum atomic E-state index is 12.5. The Morgan fingerprint density at radius 3 is 2.45 bits per heavy atom. The smallest absolute Gasteiger partial charge is 0.251 e. The summed E-state index contributed by atoms with van der Waals surface area (Å²) in [7, 11) is 0. The lowest BCUT2D eigenvalue weighted by Crippen LogP contribution is -2.55. The molecule has 0 spiro atoms. The van der Waals surface area contributed by atoms with E-state index in [1.54, 1.807) is 0 Å². The largest absolute Gasteiger partial charge is 0.368 e. The molecule has 0 saturated carbocycles. The van der Waals surface area contributed by atoms with E-state index in [0.717, 1.165) is 58.1 Å². The third kappa shape index (κ3) is 6.57. The highest BCUT2D eigenvalue weighted by atomic mass is 127. The summed E-state index contributed by atoms with van der Waals surface area (Å²) in [5.74, 6) is 1.48. The molecule has 2 fully saturated rings. The zero-order chi connectivity index (χ0) is 19.9. The highest BCUT2D eigenvalue weighted by Gasteiger charge is 2.30. The number of carbonyl (C=O) groups excluding carboxylic acids is 1. The summed E-state index contributed by atoms with van der Waals surface area (Å²) in [5.41, 5.74) is 2.60. The number of guanidine groups is 1. The van der Waals surface area contributed by atoms with Crippen molar-refractivity contribution in [2.75, 3.05) is 45.9 Å². The molecule has 1 amide bonds. The number of nitrogens with zero attached hydrogens (tertiary/aromatic N) is 3. The van der Waals surface area contributed by atoms with Gasteiger partial charge in [0.2, 0.25) is 0 Å². The molecule has 2 heterocycles. The van der Waals surface area contributed by atoms with E-state index in [9.17, 15) is 4.79 Å². The van der Waals surface area contributed by atoms with Gasteiger partial charge in [-0.15, -0.1) is 24.0 Å². The summed E-state index contributed by atoms with van der Waals surface area (Å²) in [6.07, 6.45) is 1.64. The van der Waals surface area contributed by atoms with Crippen molar-refractivity contribution in [3.63, 3.8) is 0 Å². The van der Waals surface area contributed by atoms with Gasteiger partial charge in [-0.2, -0.15) is 0 Å². The number of hydrogen-bond acceptors (Lipinski definition) is 3. The quantitative estimate of drug-likeness (QED) is 0.373. The van der Waals surface area contributed by atoms with Crippen LogP contribution in [0.4, 0.5) is 0 Å². The van der Waals surface area contributed by atoms with Gasteiger partial charge in [0.15, 0.2) is 5.96 Å². The number of ether oxygens (including phenoxy) is 1. The number of halogens is 1. The maximum absolute atomic E-state index is 12.5. The lowest BCUT2D eigenvalue weighted by Gasteiger charge is -2.37. The predicted molar refractivity (Wildman–Crippen MR) is 128 cm³/mol. The zero-order valence-corrected chi connectivity index (χ0v) is 20.2. The Hall–Kier alpha value is -1.35. The number of nitrogens with one attached hydrogen (secondary N) is 1. The number of carbonyl (C=O) groups is 1. The van der Waals surface area contributed by atoms with E-state index < -0.39 is 0 Å². The molecule has 2 saturated heterocycles. The van der Waals surface area contributed by atoms with Gasteiger partial charge in [0.1, 0.15) is 6.10 Å². The van der Waals surface area contributed by atoms with Crippen LogP contribution in [0.5, 0.6) is 0 Å². The van der Waals surface area contributed by atoms with Crippen LogP contribution < -0.4 is 5.32 Å². The Kier molecular flexibility index (Phi) is 9.68. The fourth-order valence-corrected chi connectivity index (χ4v) is 3.76. The molecule has 6 nitrogen and oxygen atoms in total. The Morgan fingerprint density at radius 2 is 1.86 bits per heavy atom. The van der Waals surface area contributed by atoms with Crippen LogP contribution in [0, 0.1) is 6.92 Å². The van der Waals surface area contributed by atoms with E-state index in [-0.39, 0.29) is 36.0 Å². The van der Waals surface area contributed by atoms with Gasteiger partial charge in [0.25, 0.3) is 5.91 Å². The van der Waals surface area contributed by atoms with Gasteiger partial charge in [-0.1, -0.05) is 36.8 Å². The zero-order valence-electron chi connectivity index (χ0n) is 17.9. The first-order valence-corrected chi connectivity index (χ1v) is 10.6. The Balaban J connectivity index is 0.00000300. The average Bonchev–Trinajstić information content (AvgIpc) is 3.26. The number of hydrogen-bond donors (Lipinski definition) is 1. The number of benzene rings is 1. The van der Waals surface area contributed by atoms with Crippen LogP contribution in [0.2, 0.25) is 0 Å². The summed E-state index contributed by atoms with van der Waals surface area (Å²) in [6, 6.07) is 8.70. The highest BCUT2D eigenvalue weighted by molar-refractivity contribution is 14.0. The Bertz CT molecular complexity index is 666. The van der Waals surface area contributed by atoms with Crippen molar-refractivity contribution in [1.82, 2.24) is 15.1 Å². The lowest BCUT2D eigenvalue weighted by molar-refractivity contribution is -0.142. The standard InChI is InChI=1S/C22H34N4O2.HI/c1-4-23-22(24-16-18(3)19-9-7-17(2)8-10-19)26-13-11-25(12-14-26)21(27)20-6-5-15-28-20;/h7-10,18,20H,4-6,11-16H2,1-3H3,(H,23,24);1H. The molecule has 2 atom stereocenters. The molecule has 2 aliphatic rings. The van der Waals surface area contributed by atoms with Crippen molar-refractivity contribution in [1.29, 1.82) is 0 Å². The molecule has 0 aliphatic carbocycles. The molecular formula is C22H35IN4O2. The van der Waals surface area contributed by atoms with E-state index in [4.69, 9.17) is 9.73 Å². The number of aryl methyl sites for hydroxylation is 1. The van der Waals surface area contributed by atoms with E-state index in [1.165, 1.54) is 11.1 Å². The van der Waals surface area contributed by atoms with E-state index in [1.807, 2.05) is 4.90 Å². The minimum Gasteiger partial charge on any atom is -0.368 e. The highest BCUT2D eigenvalue weighted by Crippen LogP contribution is 2.18. The van der Waals surface area contributed by atoms with Crippen LogP contribution in [-0.4, -0.2) is 73.6 Å². The summed E-state index contributed by atoms with van der Waals surface area (Å²) in [6.45, 7) is 11.8. The molecule has 7 heteroatoms. The van der Waals surface area contributed by atoms with Crippen molar-refractivity contribution in [2.24, 2.45) is 4.99 Å². The normalized spacial score (nSPS) is 20.9. The summed E-state index contributed by atoms with van der Waals surface area (Å²) >= 11 is 0. The van der Waals surface area contributed by atoms with E-state index >= 15 is 0 Å². The molecule has 0 radical (unpaired) electrons. The van der Waals surface area contributed by atoms with Crippen LogP contribution in [-0.2, 0) is 9.53 Å². The summed E-state index contributed by atoms with van der Waals surface area (Å²) in [5, 5.41) is 3.42. The number of amides is 1. The molecular weight excluding hydrogens is 479 g/mol. The Morgan fingerprint density at radius 1 is 1.21 bits per heavy atom. The molecule has 0 aromatic heterocycles. The fourth-order valence-electron chi connectivity index (χ4n) is 3.76. The van der Waals surface area contributed by atoms with Gasteiger partial charge in [0.05, 0.1) is 0 Å². The lowest BCUT2D eigenvalue weighted by atomic mass is 10.0. The van der Waals surface area contributed by atoms with E-state index in [0.29, 0.717) is 12.5 Å². The van der Waals surface area contributed by atoms with Gasteiger partial charge in [0, 0.05) is 51.8 Å². The SMILES string of the molecule is CCNC(=NCC(C)c1ccc(C)cc1)N1CCN(C(=O)C2CCCO2)CC1.I. The van der Waals surface area contributed by atoms with Crippen LogP contribution in [0.1, 0.15) is 43.7 Å². The molecule has 3 rings (SSSR count). The molecule has 1 aromatic rings. The Labute approximate surface area is 192 Å². The first-order chi connectivity index (χ1) is 13.6. The summed E-state index contributed by atoms with van der Waals surface area (Å²) < 4.78 is 5.55. The second-order valence-electron chi connectivity index (χ2n) is 7.82. The van der Waals surface area contributed by atoms with Crippen molar-refractivity contribution in [3.8, 4) is 0 Å². The number of piperazine rings is 1. The molecule has 0 bridgehead atoms. The van der Waals surface area contributed by atoms with Crippen LogP contribution in [0.25, 0.3) is 0 Å². The maximum Gasteiger partial charge on any atom is 0.251 e. The van der Waals surface area contributed by atoms with Gasteiger partial charge in [-0.05, 0) is 32.3 Å². The molecule has 2 aliphatic heterocycles. The van der Waals surface area contributed by atoms with Gasteiger partial charge >= 0.3 is 0 Å². The van der Waals surface area contributed by atoms with Crippen LogP contribution in [0.15, 0.2) is 29.3 Å². The first kappa shape index (κ1) is 23.9. The molecule has 29 heavy (non-hydrogen) atoms. The molecule has 2 unspecified atom stereocenters. The number of rotatable bonds is 5. The third-order valence-electron chi connectivity index (χ3n) is 5.59.